The van der Waals surface area contributed by atoms with Crippen LogP contribution < -0.4 is 5.73 Å². The van der Waals surface area contributed by atoms with Gasteiger partial charge in [0.05, 0.1) is 23.0 Å². The molecule has 1 amide bonds. The van der Waals surface area contributed by atoms with Gasteiger partial charge in [-0.2, -0.15) is 0 Å². The number of rotatable bonds is 2. The lowest BCUT2D eigenvalue weighted by molar-refractivity contribution is 0.0950. The van der Waals surface area contributed by atoms with E-state index in [0.29, 0.717) is 17.5 Å². The number of primary amides is 1. The topological polar surface area (TPSA) is 78.0 Å². The normalized spacial score (nSPS) is 14.2. The Balaban J connectivity index is 2.25. The van der Waals surface area contributed by atoms with Crippen molar-refractivity contribution in [3.63, 3.8) is 0 Å². The average Bonchev–Trinajstić information content (AvgIpc) is 2.81. The summed E-state index contributed by atoms with van der Waals surface area (Å²) in [4.78, 5) is 27.6. The molecule has 0 aromatic carbocycles. The van der Waals surface area contributed by atoms with Crippen molar-refractivity contribution in [2.75, 3.05) is 0 Å². The second-order valence-electron chi connectivity index (χ2n) is 4.59. The number of fused-ring (bicyclic) bond motifs is 1. The van der Waals surface area contributed by atoms with Crippen LogP contribution in [0.1, 0.15) is 39.3 Å². The van der Waals surface area contributed by atoms with E-state index >= 15 is 0 Å². The molecule has 1 aliphatic carbocycles. The molecule has 96 valence electrons. The molecule has 2 aromatic rings. The van der Waals surface area contributed by atoms with Crippen molar-refractivity contribution in [2.45, 2.75) is 19.3 Å². The molecule has 5 nitrogen and oxygen atoms in total. The summed E-state index contributed by atoms with van der Waals surface area (Å²) in [6, 6.07) is 3.70. The maximum absolute atomic E-state index is 12.0. The molecule has 0 aliphatic heterocycles. The van der Waals surface area contributed by atoms with Crippen molar-refractivity contribution in [2.24, 2.45) is 5.73 Å². The van der Waals surface area contributed by atoms with E-state index in [1.54, 1.807) is 18.6 Å². The SMILES string of the molecule is NC(=O)c1cn(-c2cccnc2)c2c1C(=O)CCC2. The van der Waals surface area contributed by atoms with E-state index < -0.39 is 5.91 Å². The van der Waals surface area contributed by atoms with Crippen LogP contribution in [0.25, 0.3) is 5.69 Å². The number of hydrogen-bond acceptors (Lipinski definition) is 3. The van der Waals surface area contributed by atoms with E-state index in [0.717, 1.165) is 24.2 Å². The molecule has 0 saturated heterocycles. The third kappa shape index (κ3) is 1.83. The molecule has 0 spiro atoms. The molecule has 5 heteroatoms. The number of amides is 1. The fourth-order valence-corrected chi connectivity index (χ4v) is 2.56. The van der Waals surface area contributed by atoms with Crippen LogP contribution in [0, 0.1) is 0 Å². The molecule has 1 aliphatic rings. The molecule has 19 heavy (non-hydrogen) atoms. The molecular weight excluding hydrogens is 242 g/mol. The maximum atomic E-state index is 12.0. The van der Waals surface area contributed by atoms with Crippen LogP contribution in [-0.2, 0) is 6.42 Å². The van der Waals surface area contributed by atoms with E-state index in [-0.39, 0.29) is 5.78 Å². The predicted molar refractivity (Wildman–Crippen MR) is 69.4 cm³/mol. The number of aromatic nitrogens is 2. The van der Waals surface area contributed by atoms with E-state index in [2.05, 4.69) is 4.98 Å². The highest BCUT2D eigenvalue weighted by molar-refractivity contribution is 6.09. The smallest absolute Gasteiger partial charge is 0.251 e. The standard InChI is InChI=1S/C14H13N3O2/c15-14(19)10-8-17(9-3-2-6-16-7-9)11-4-1-5-12(18)13(10)11/h2-3,6-8H,1,4-5H2,(H2,15,19). The van der Waals surface area contributed by atoms with Crippen molar-refractivity contribution in [3.8, 4) is 5.69 Å². The zero-order chi connectivity index (χ0) is 13.4. The molecule has 3 rings (SSSR count). The summed E-state index contributed by atoms with van der Waals surface area (Å²) in [6.07, 6.45) is 7.07. The van der Waals surface area contributed by atoms with Gasteiger partial charge in [-0.3, -0.25) is 14.6 Å². The molecule has 2 N–H and O–H groups in total. The van der Waals surface area contributed by atoms with Gasteiger partial charge in [0.2, 0.25) is 0 Å². The van der Waals surface area contributed by atoms with E-state index in [9.17, 15) is 9.59 Å². The van der Waals surface area contributed by atoms with Gasteiger partial charge in [0.1, 0.15) is 0 Å². The highest BCUT2D eigenvalue weighted by atomic mass is 16.1. The molecule has 0 unspecified atom stereocenters. The number of ketones is 1. The molecule has 2 heterocycles. The Morgan fingerprint density at radius 2 is 2.21 bits per heavy atom. The maximum Gasteiger partial charge on any atom is 0.251 e. The number of nitrogens with two attached hydrogens (primary N) is 1. The number of pyridine rings is 1. The Hall–Kier alpha value is -2.43. The van der Waals surface area contributed by atoms with Crippen molar-refractivity contribution < 1.29 is 9.59 Å². The second kappa shape index (κ2) is 4.35. The molecule has 2 aromatic heterocycles. The zero-order valence-corrected chi connectivity index (χ0v) is 10.3. The van der Waals surface area contributed by atoms with Crippen LogP contribution in [-0.4, -0.2) is 21.2 Å². The number of carbonyl (C=O) groups excluding carboxylic acids is 2. The van der Waals surface area contributed by atoms with Crippen LogP contribution in [0.4, 0.5) is 0 Å². The summed E-state index contributed by atoms with van der Waals surface area (Å²) in [6.45, 7) is 0. The van der Waals surface area contributed by atoms with Gasteiger partial charge in [-0.1, -0.05) is 0 Å². The Morgan fingerprint density at radius 3 is 2.89 bits per heavy atom. The second-order valence-corrected chi connectivity index (χ2v) is 4.59. The van der Waals surface area contributed by atoms with Crippen LogP contribution in [0.3, 0.4) is 0 Å². The van der Waals surface area contributed by atoms with Gasteiger partial charge < -0.3 is 10.3 Å². The van der Waals surface area contributed by atoms with Gasteiger partial charge >= 0.3 is 0 Å². The third-order valence-corrected chi connectivity index (χ3v) is 3.39. The Labute approximate surface area is 110 Å². The van der Waals surface area contributed by atoms with Crippen LogP contribution in [0.5, 0.6) is 0 Å². The lowest BCUT2D eigenvalue weighted by Gasteiger charge is -2.14. The monoisotopic (exact) mass is 255 g/mol. The fourth-order valence-electron chi connectivity index (χ4n) is 2.56. The van der Waals surface area contributed by atoms with E-state index in [1.165, 1.54) is 0 Å². The van der Waals surface area contributed by atoms with Crippen LogP contribution in [0.2, 0.25) is 0 Å². The van der Waals surface area contributed by atoms with Gasteiger partial charge in [-0.15, -0.1) is 0 Å². The van der Waals surface area contributed by atoms with Gasteiger partial charge in [-0.25, -0.2) is 0 Å². The number of hydrogen-bond donors (Lipinski definition) is 1. The average molecular weight is 255 g/mol. The summed E-state index contributed by atoms with van der Waals surface area (Å²) in [5.74, 6) is -0.563. The Bertz CT molecular complexity index is 659. The minimum Gasteiger partial charge on any atom is -0.366 e. The third-order valence-electron chi connectivity index (χ3n) is 3.39. The Kier molecular flexibility index (Phi) is 2.67. The van der Waals surface area contributed by atoms with Crippen LogP contribution >= 0.6 is 0 Å². The highest BCUT2D eigenvalue weighted by Crippen LogP contribution is 2.28. The Morgan fingerprint density at radius 1 is 1.37 bits per heavy atom. The summed E-state index contributed by atoms with van der Waals surface area (Å²) in [5, 5.41) is 0. The van der Waals surface area contributed by atoms with Gasteiger partial charge in [0.15, 0.2) is 5.78 Å². The summed E-state index contributed by atoms with van der Waals surface area (Å²) >= 11 is 0. The zero-order valence-electron chi connectivity index (χ0n) is 10.3. The molecule has 0 saturated carbocycles. The number of nitrogens with zero attached hydrogens (tertiary/aromatic N) is 2. The highest BCUT2D eigenvalue weighted by Gasteiger charge is 2.27. The lowest BCUT2D eigenvalue weighted by atomic mass is 9.93. The van der Waals surface area contributed by atoms with Crippen molar-refractivity contribution in [1.82, 2.24) is 9.55 Å². The van der Waals surface area contributed by atoms with E-state index in [4.69, 9.17) is 5.73 Å². The van der Waals surface area contributed by atoms with Crippen molar-refractivity contribution in [3.05, 3.63) is 47.5 Å². The molecule has 0 bridgehead atoms. The van der Waals surface area contributed by atoms with Gasteiger partial charge in [0, 0.05) is 24.5 Å². The first-order chi connectivity index (χ1) is 9.18. The minimum absolute atomic E-state index is 0.00214. The number of Topliss-reactive ketones (excluding diaryl/α,β-unsaturated/α-hetero) is 1. The first-order valence-corrected chi connectivity index (χ1v) is 6.16. The van der Waals surface area contributed by atoms with Gasteiger partial charge in [-0.05, 0) is 25.0 Å². The summed E-state index contributed by atoms with van der Waals surface area (Å²) < 4.78 is 1.85. The van der Waals surface area contributed by atoms with E-state index in [1.807, 2.05) is 16.7 Å². The fraction of sp³-hybridized carbons (Fsp3) is 0.214. The van der Waals surface area contributed by atoms with Crippen molar-refractivity contribution >= 4 is 11.7 Å². The lowest BCUT2D eigenvalue weighted by Crippen LogP contribution is -2.18. The van der Waals surface area contributed by atoms with Crippen LogP contribution in [0.15, 0.2) is 30.7 Å². The molecule has 0 atom stereocenters. The quantitative estimate of drug-likeness (QED) is 0.883. The summed E-state index contributed by atoms with van der Waals surface area (Å²) in [5.41, 5.74) is 7.86. The predicted octanol–water partition coefficient (Wildman–Crippen LogP) is 1.49. The van der Waals surface area contributed by atoms with Crippen molar-refractivity contribution in [1.29, 1.82) is 0 Å². The first-order valence-electron chi connectivity index (χ1n) is 6.16. The molecular formula is C14H13N3O2. The number of carbonyl (C=O) groups is 2. The molecule has 0 fully saturated rings. The molecule has 0 radical (unpaired) electrons. The summed E-state index contributed by atoms with van der Waals surface area (Å²) in [7, 11) is 0. The first kappa shape index (κ1) is 11.6. The minimum atomic E-state index is -0.561. The van der Waals surface area contributed by atoms with Gasteiger partial charge in [0.25, 0.3) is 5.91 Å². The largest absolute Gasteiger partial charge is 0.366 e.